The summed E-state index contributed by atoms with van der Waals surface area (Å²) in [5, 5.41) is 20.7. The number of halogens is 1. The van der Waals surface area contributed by atoms with E-state index < -0.39 is 11.5 Å². The van der Waals surface area contributed by atoms with Crippen molar-refractivity contribution in [3.05, 3.63) is 28.8 Å². The van der Waals surface area contributed by atoms with E-state index in [1.165, 1.54) is 0 Å². The molecule has 1 aliphatic rings. The lowest BCUT2D eigenvalue weighted by Gasteiger charge is -2.36. The Morgan fingerprint density at radius 3 is 2.63 bits per heavy atom. The molecule has 1 aromatic rings. The van der Waals surface area contributed by atoms with Crippen LogP contribution in [0.5, 0.6) is 5.75 Å². The van der Waals surface area contributed by atoms with Gasteiger partial charge in [-0.25, -0.2) is 0 Å². The Morgan fingerprint density at radius 2 is 2.05 bits per heavy atom. The fourth-order valence-corrected chi connectivity index (χ4v) is 3.14. The highest BCUT2D eigenvalue weighted by Gasteiger charge is 2.42. The van der Waals surface area contributed by atoms with Crippen LogP contribution >= 0.6 is 11.6 Å². The summed E-state index contributed by atoms with van der Waals surface area (Å²) in [7, 11) is 1.54. The first-order valence-electron chi connectivity index (χ1n) is 6.56. The number of hydrogen-bond donors (Lipinski definition) is 1. The van der Waals surface area contributed by atoms with E-state index in [9.17, 15) is 10.4 Å². The first kappa shape index (κ1) is 14.2. The maximum absolute atomic E-state index is 10.7. The Hall–Kier alpha value is -1.24. The molecule has 0 saturated heterocycles. The van der Waals surface area contributed by atoms with Crippen LogP contribution < -0.4 is 4.74 Å². The predicted molar refractivity (Wildman–Crippen MR) is 74.1 cm³/mol. The van der Waals surface area contributed by atoms with Crippen LogP contribution in [0.4, 0.5) is 0 Å². The number of rotatable bonds is 3. The van der Waals surface area contributed by atoms with Gasteiger partial charge in [0.1, 0.15) is 11.9 Å². The van der Waals surface area contributed by atoms with Gasteiger partial charge in [-0.2, -0.15) is 5.26 Å². The third-order valence-electron chi connectivity index (χ3n) is 4.00. The molecule has 1 saturated carbocycles. The number of nitrogens with zero attached hydrogens (tertiary/aromatic N) is 1. The highest BCUT2D eigenvalue weighted by atomic mass is 35.5. The molecule has 1 atom stereocenters. The van der Waals surface area contributed by atoms with Crippen molar-refractivity contribution in [2.24, 2.45) is 5.41 Å². The summed E-state index contributed by atoms with van der Waals surface area (Å²) in [5.74, 6) is 0.542. The Bertz CT molecular complexity index is 489. The molecule has 1 unspecified atom stereocenters. The average molecular weight is 280 g/mol. The number of hydrogen-bond acceptors (Lipinski definition) is 3. The van der Waals surface area contributed by atoms with Gasteiger partial charge in [0.15, 0.2) is 0 Å². The van der Waals surface area contributed by atoms with Gasteiger partial charge in [0, 0.05) is 5.56 Å². The minimum atomic E-state index is -0.901. The lowest BCUT2D eigenvalue weighted by molar-refractivity contribution is 0.0343. The molecule has 4 heteroatoms. The molecule has 2 rings (SSSR count). The number of benzene rings is 1. The van der Waals surface area contributed by atoms with Gasteiger partial charge >= 0.3 is 0 Å². The molecule has 1 N–H and O–H groups in total. The van der Waals surface area contributed by atoms with Crippen molar-refractivity contribution in [1.82, 2.24) is 0 Å². The van der Waals surface area contributed by atoms with Crippen molar-refractivity contribution in [3.8, 4) is 11.8 Å². The largest absolute Gasteiger partial charge is 0.496 e. The van der Waals surface area contributed by atoms with Crippen LogP contribution in [0.3, 0.4) is 0 Å². The molecular formula is C15H18ClNO2. The van der Waals surface area contributed by atoms with Gasteiger partial charge in [-0.05, 0) is 25.0 Å². The molecule has 19 heavy (non-hydrogen) atoms. The summed E-state index contributed by atoms with van der Waals surface area (Å²) in [6.07, 6.45) is 3.57. The lowest BCUT2D eigenvalue weighted by atomic mass is 9.69. The normalized spacial score (nSPS) is 19.5. The molecule has 3 nitrogen and oxygen atoms in total. The minimum Gasteiger partial charge on any atom is -0.496 e. The fourth-order valence-electron chi connectivity index (χ4n) is 2.87. The van der Waals surface area contributed by atoms with Crippen LogP contribution in [-0.4, -0.2) is 12.2 Å². The van der Waals surface area contributed by atoms with Crippen molar-refractivity contribution >= 4 is 11.6 Å². The monoisotopic (exact) mass is 279 g/mol. The van der Waals surface area contributed by atoms with Gasteiger partial charge in [0.05, 0.1) is 23.6 Å². The molecule has 0 radical (unpaired) electrons. The molecule has 0 aromatic heterocycles. The summed E-state index contributed by atoms with van der Waals surface area (Å²) in [6.45, 7) is 0. The molecule has 102 valence electrons. The first-order chi connectivity index (χ1) is 9.14. The van der Waals surface area contributed by atoms with Crippen LogP contribution in [0, 0.1) is 16.7 Å². The molecule has 0 amide bonds. The first-order valence-corrected chi connectivity index (χ1v) is 6.94. The molecular weight excluding hydrogens is 262 g/mol. The van der Waals surface area contributed by atoms with Gasteiger partial charge in [0.25, 0.3) is 0 Å². The van der Waals surface area contributed by atoms with Crippen LogP contribution in [-0.2, 0) is 0 Å². The molecule has 1 aromatic carbocycles. The quantitative estimate of drug-likeness (QED) is 0.914. The van der Waals surface area contributed by atoms with Crippen molar-refractivity contribution in [1.29, 1.82) is 5.26 Å². The van der Waals surface area contributed by atoms with Gasteiger partial charge in [-0.1, -0.05) is 36.9 Å². The number of nitriles is 1. The van der Waals surface area contributed by atoms with Gasteiger partial charge in [-0.3, -0.25) is 0 Å². The van der Waals surface area contributed by atoms with Crippen molar-refractivity contribution in [2.45, 2.75) is 38.2 Å². The highest BCUT2D eigenvalue weighted by molar-refractivity contribution is 6.31. The second-order valence-corrected chi connectivity index (χ2v) is 5.49. The zero-order valence-corrected chi connectivity index (χ0v) is 11.8. The van der Waals surface area contributed by atoms with Crippen molar-refractivity contribution in [2.75, 3.05) is 7.11 Å². The maximum Gasteiger partial charge on any atom is 0.126 e. The smallest absolute Gasteiger partial charge is 0.126 e. The van der Waals surface area contributed by atoms with Gasteiger partial charge < -0.3 is 9.84 Å². The SMILES string of the molecule is COc1cccc(Cl)c1C(O)C1(C#N)CCCCC1. The van der Waals surface area contributed by atoms with Gasteiger partial charge in [-0.15, -0.1) is 0 Å². The van der Waals surface area contributed by atoms with E-state index in [0.717, 1.165) is 19.3 Å². The average Bonchev–Trinajstić information content (AvgIpc) is 2.47. The molecule has 0 heterocycles. The third-order valence-corrected chi connectivity index (χ3v) is 4.33. The summed E-state index contributed by atoms with van der Waals surface area (Å²) in [5.41, 5.74) is -0.202. The number of ether oxygens (including phenoxy) is 1. The van der Waals surface area contributed by atoms with Crippen LogP contribution in [0.2, 0.25) is 5.02 Å². The predicted octanol–water partition coefficient (Wildman–Crippen LogP) is 3.86. The van der Waals surface area contributed by atoms with E-state index in [1.54, 1.807) is 25.3 Å². The van der Waals surface area contributed by atoms with E-state index in [2.05, 4.69) is 6.07 Å². The van der Waals surface area contributed by atoms with E-state index in [1.807, 2.05) is 0 Å². The minimum absolute atomic E-state index is 0.451. The summed E-state index contributed by atoms with van der Waals surface area (Å²) >= 11 is 6.19. The topological polar surface area (TPSA) is 53.2 Å². The standard InChI is InChI=1S/C15H18ClNO2/c1-19-12-7-5-6-11(16)13(12)14(18)15(10-17)8-3-2-4-9-15/h5-7,14,18H,2-4,8-9H2,1H3. The van der Waals surface area contributed by atoms with E-state index >= 15 is 0 Å². The maximum atomic E-state index is 10.7. The van der Waals surface area contributed by atoms with Crippen LogP contribution in [0.15, 0.2) is 18.2 Å². The van der Waals surface area contributed by atoms with E-state index in [4.69, 9.17) is 16.3 Å². The summed E-state index contributed by atoms with van der Waals surface area (Å²) < 4.78 is 5.27. The van der Waals surface area contributed by atoms with Crippen LogP contribution in [0.25, 0.3) is 0 Å². The second-order valence-electron chi connectivity index (χ2n) is 5.09. The van der Waals surface area contributed by atoms with E-state index in [0.29, 0.717) is 29.2 Å². The summed E-state index contributed by atoms with van der Waals surface area (Å²) in [4.78, 5) is 0. The molecule has 1 fully saturated rings. The Labute approximate surface area is 118 Å². The van der Waals surface area contributed by atoms with E-state index in [-0.39, 0.29) is 0 Å². The summed E-state index contributed by atoms with van der Waals surface area (Å²) in [6, 6.07) is 7.59. The molecule has 0 aliphatic heterocycles. The molecule has 0 bridgehead atoms. The number of aliphatic hydroxyl groups excluding tert-OH is 1. The highest BCUT2D eigenvalue weighted by Crippen LogP contribution is 2.49. The Kier molecular flexibility index (Phi) is 4.34. The van der Waals surface area contributed by atoms with Crippen LogP contribution in [0.1, 0.15) is 43.8 Å². The molecule has 0 spiro atoms. The molecule has 1 aliphatic carbocycles. The fraction of sp³-hybridized carbons (Fsp3) is 0.533. The van der Waals surface area contributed by atoms with Crippen molar-refractivity contribution < 1.29 is 9.84 Å². The number of methoxy groups -OCH3 is 1. The zero-order chi connectivity index (χ0) is 13.9. The zero-order valence-electron chi connectivity index (χ0n) is 11.0. The second kappa shape index (κ2) is 5.81. The number of aliphatic hydroxyl groups is 1. The van der Waals surface area contributed by atoms with Crippen molar-refractivity contribution in [3.63, 3.8) is 0 Å². The third kappa shape index (κ3) is 2.56. The Balaban J connectivity index is 2.43. The van der Waals surface area contributed by atoms with Gasteiger partial charge in [0.2, 0.25) is 0 Å². The Morgan fingerprint density at radius 1 is 1.37 bits per heavy atom. The lowest BCUT2D eigenvalue weighted by Crippen LogP contribution is -2.30.